The van der Waals surface area contributed by atoms with E-state index in [1.165, 1.54) is 10.6 Å². The van der Waals surface area contributed by atoms with E-state index < -0.39 is 0 Å². The predicted molar refractivity (Wildman–Crippen MR) is 72.1 cm³/mol. The molecule has 0 bridgehead atoms. The Hall–Kier alpha value is -2.06. The van der Waals surface area contributed by atoms with Crippen LogP contribution in [0.3, 0.4) is 0 Å². The lowest BCUT2D eigenvalue weighted by Gasteiger charge is -2.06. The number of aromatic nitrogens is 3. The van der Waals surface area contributed by atoms with Crippen molar-refractivity contribution in [2.45, 2.75) is 19.9 Å². The molecule has 2 heterocycles. The van der Waals surface area contributed by atoms with Crippen LogP contribution in [-0.4, -0.2) is 14.3 Å². The Kier molecular flexibility index (Phi) is 3.72. The van der Waals surface area contributed by atoms with E-state index in [4.69, 9.17) is 16.9 Å². The van der Waals surface area contributed by atoms with Gasteiger partial charge in [-0.25, -0.2) is 0 Å². The molecule has 2 aromatic heterocycles. The van der Waals surface area contributed by atoms with E-state index in [0.717, 1.165) is 17.8 Å². The number of hydrogen-bond donors (Lipinski definition) is 0. The van der Waals surface area contributed by atoms with Gasteiger partial charge in [0.2, 0.25) is 0 Å². The maximum Gasteiger partial charge on any atom is 0.268 e. The molecule has 0 aliphatic rings. The van der Waals surface area contributed by atoms with E-state index in [2.05, 4.69) is 5.10 Å². The monoisotopic (exact) mass is 276 g/mol. The maximum absolute atomic E-state index is 12.0. The third kappa shape index (κ3) is 2.40. The van der Waals surface area contributed by atoms with Crippen LogP contribution >= 0.6 is 11.6 Å². The minimum atomic E-state index is -0.319. The maximum atomic E-state index is 12.0. The van der Waals surface area contributed by atoms with Gasteiger partial charge in [-0.1, -0.05) is 18.5 Å². The summed E-state index contributed by atoms with van der Waals surface area (Å²) < 4.78 is 3.13. The number of nitriles is 1. The highest BCUT2D eigenvalue weighted by molar-refractivity contribution is 6.31. The average Bonchev–Trinajstić information content (AvgIpc) is 2.68. The third-order valence-corrected chi connectivity index (χ3v) is 3.40. The second kappa shape index (κ2) is 5.29. The number of pyridine rings is 1. The molecule has 0 aliphatic heterocycles. The molecular formula is C13H13ClN4O. The number of hydrogen-bond acceptors (Lipinski definition) is 3. The molecule has 6 heteroatoms. The first-order valence-electron chi connectivity index (χ1n) is 5.88. The summed E-state index contributed by atoms with van der Waals surface area (Å²) in [5.41, 5.74) is 1.37. The summed E-state index contributed by atoms with van der Waals surface area (Å²) in [7, 11) is 1.79. The minimum Gasteiger partial charge on any atom is -0.308 e. The summed E-state index contributed by atoms with van der Waals surface area (Å²) in [6.45, 7) is 2.27. The molecule has 0 saturated carbocycles. The summed E-state index contributed by atoms with van der Waals surface area (Å²) in [4.78, 5) is 12.0. The quantitative estimate of drug-likeness (QED) is 0.857. The first-order valence-corrected chi connectivity index (χ1v) is 6.26. The molecule has 0 radical (unpaired) electrons. The highest BCUT2D eigenvalue weighted by atomic mass is 35.5. The lowest BCUT2D eigenvalue weighted by atomic mass is 10.2. The van der Waals surface area contributed by atoms with Crippen molar-refractivity contribution in [3.63, 3.8) is 0 Å². The Morgan fingerprint density at radius 1 is 1.53 bits per heavy atom. The van der Waals surface area contributed by atoms with Gasteiger partial charge in [-0.3, -0.25) is 9.48 Å². The van der Waals surface area contributed by atoms with Crippen molar-refractivity contribution in [1.82, 2.24) is 14.3 Å². The van der Waals surface area contributed by atoms with Crippen LogP contribution in [0.15, 0.2) is 23.1 Å². The van der Waals surface area contributed by atoms with Gasteiger partial charge in [-0.15, -0.1) is 0 Å². The lowest BCUT2D eigenvalue weighted by Crippen LogP contribution is -2.23. The molecule has 0 aromatic carbocycles. The normalized spacial score (nSPS) is 10.4. The van der Waals surface area contributed by atoms with Crippen LogP contribution in [-0.2, 0) is 20.0 Å². The zero-order valence-electron chi connectivity index (χ0n) is 10.7. The molecule has 5 nitrogen and oxygen atoms in total. The molecule has 2 rings (SSSR count). The van der Waals surface area contributed by atoms with Crippen molar-refractivity contribution >= 4 is 11.6 Å². The van der Waals surface area contributed by atoms with Crippen molar-refractivity contribution in [2.75, 3.05) is 0 Å². The van der Waals surface area contributed by atoms with Crippen molar-refractivity contribution in [1.29, 1.82) is 5.26 Å². The molecule has 0 atom stereocenters. The van der Waals surface area contributed by atoms with Crippen LogP contribution in [0, 0.1) is 11.3 Å². The van der Waals surface area contributed by atoms with Crippen LogP contribution < -0.4 is 5.56 Å². The molecule has 0 spiro atoms. The minimum absolute atomic E-state index is 0.122. The molecule has 2 aromatic rings. The van der Waals surface area contributed by atoms with Gasteiger partial charge in [0.25, 0.3) is 5.56 Å². The SMILES string of the molecule is CCc1nn(C)c(Cn2cccc(C#N)c2=O)c1Cl. The van der Waals surface area contributed by atoms with Gasteiger partial charge in [0.15, 0.2) is 0 Å². The van der Waals surface area contributed by atoms with Crippen molar-refractivity contribution in [3.05, 3.63) is 50.7 Å². The van der Waals surface area contributed by atoms with Gasteiger partial charge in [0, 0.05) is 13.2 Å². The fourth-order valence-corrected chi connectivity index (χ4v) is 2.25. The molecule has 0 N–H and O–H groups in total. The molecule has 98 valence electrons. The number of rotatable bonds is 3. The van der Waals surface area contributed by atoms with Crippen molar-refractivity contribution in [2.24, 2.45) is 7.05 Å². The second-order valence-corrected chi connectivity index (χ2v) is 4.53. The highest BCUT2D eigenvalue weighted by Gasteiger charge is 2.14. The molecule has 19 heavy (non-hydrogen) atoms. The van der Waals surface area contributed by atoms with Crippen LogP contribution in [0.25, 0.3) is 0 Å². The Balaban J connectivity index is 2.46. The van der Waals surface area contributed by atoms with Crippen molar-refractivity contribution in [3.8, 4) is 6.07 Å². The number of aryl methyl sites for hydroxylation is 2. The zero-order chi connectivity index (χ0) is 14.0. The van der Waals surface area contributed by atoms with E-state index in [0.29, 0.717) is 11.6 Å². The Morgan fingerprint density at radius 2 is 2.26 bits per heavy atom. The van der Waals surface area contributed by atoms with Gasteiger partial charge in [-0.2, -0.15) is 10.4 Å². The van der Waals surface area contributed by atoms with Gasteiger partial charge in [0.1, 0.15) is 11.6 Å². The van der Waals surface area contributed by atoms with Gasteiger partial charge >= 0.3 is 0 Å². The predicted octanol–water partition coefficient (Wildman–Crippen LogP) is 1.72. The van der Waals surface area contributed by atoms with E-state index >= 15 is 0 Å². The Labute approximate surface area is 115 Å². The summed E-state index contributed by atoms with van der Waals surface area (Å²) in [6, 6.07) is 5.05. The van der Waals surface area contributed by atoms with Gasteiger partial charge in [-0.05, 0) is 18.6 Å². The van der Waals surface area contributed by atoms with Crippen LogP contribution in [0.4, 0.5) is 0 Å². The van der Waals surface area contributed by atoms with Gasteiger partial charge in [0.05, 0.1) is 23.0 Å². The molecule has 0 aliphatic carbocycles. The van der Waals surface area contributed by atoms with E-state index in [-0.39, 0.29) is 11.1 Å². The highest BCUT2D eigenvalue weighted by Crippen LogP contribution is 2.21. The fraction of sp³-hybridized carbons (Fsp3) is 0.308. The van der Waals surface area contributed by atoms with Crippen LogP contribution in [0.5, 0.6) is 0 Å². The first-order chi connectivity index (χ1) is 9.08. The van der Waals surface area contributed by atoms with Crippen molar-refractivity contribution < 1.29 is 0 Å². The summed E-state index contributed by atoms with van der Waals surface area (Å²) >= 11 is 6.24. The molecule has 0 fully saturated rings. The zero-order valence-corrected chi connectivity index (χ0v) is 11.5. The van der Waals surface area contributed by atoms with E-state index in [1.54, 1.807) is 24.0 Å². The molecule has 0 unspecified atom stereocenters. The molecular weight excluding hydrogens is 264 g/mol. The third-order valence-electron chi connectivity index (χ3n) is 2.96. The number of nitrogens with zero attached hydrogens (tertiary/aromatic N) is 4. The average molecular weight is 277 g/mol. The van der Waals surface area contributed by atoms with E-state index in [9.17, 15) is 4.79 Å². The Morgan fingerprint density at radius 3 is 2.84 bits per heavy atom. The smallest absolute Gasteiger partial charge is 0.268 e. The van der Waals surface area contributed by atoms with E-state index in [1.807, 2.05) is 13.0 Å². The summed E-state index contributed by atoms with van der Waals surface area (Å²) in [5, 5.41) is 13.7. The van der Waals surface area contributed by atoms with Gasteiger partial charge < -0.3 is 4.57 Å². The molecule has 0 amide bonds. The largest absolute Gasteiger partial charge is 0.308 e. The second-order valence-electron chi connectivity index (χ2n) is 4.15. The first kappa shape index (κ1) is 13.4. The fourth-order valence-electron chi connectivity index (χ4n) is 1.90. The van der Waals surface area contributed by atoms with Crippen LogP contribution in [0.2, 0.25) is 5.02 Å². The molecule has 0 saturated heterocycles. The Bertz CT molecular complexity index is 708. The standard InChI is InChI=1S/C13H13ClN4O/c1-3-10-12(14)11(17(2)16-10)8-18-6-4-5-9(7-15)13(18)19/h4-6H,3,8H2,1-2H3. The lowest BCUT2D eigenvalue weighted by molar-refractivity contribution is 0.648. The number of halogens is 1. The summed E-state index contributed by atoms with van der Waals surface area (Å²) in [5.74, 6) is 0. The van der Waals surface area contributed by atoms with Crippen LogP contribution in [0.1, 0.15) is 23.9 Å². The topological polar surface area (TPSA) is 63.6 Å². The summed E-state index contributed by atoms with van der Waals surface area (Å²) in [6.07, 6.45) is 2.37.